The van der Waals surface area contributed by atoms with Crippen molar-refractivity contribution in [2.45, 2.75) is 25.4 Å². The van der Waals surface area contributed by atoms with E-state index in [1.54, 1.807) is 18.0 Å². The average Bonchev–Trinajstić information content (AvgIpc) is 1.60. The van der Waals surface area contributed by atoms with Crippen LogP contribution in [0.15, 0.2) is 0 Å². The molecule has 0 aliphatic heterocycles. The first-order valence-electron chi connectivity index (χ1n) is 3.24. The Morgan fingerprint density at radius 1 is 1.40 bits per heavy atom. The van der Waals surface area contributed by atoms with Crippen LogP contribution in [0, 0.1) is 5.41 Å². The van der Waals surface area contributed by atoms with Crippen molar-refractivity contribution < 1.29 is 4.21 Å². The Morgan fingerprint density at radius 3 is 1.80 bits per heavy atom. The topological polar surface area (TPSA) is 17.1 Å². The minimum Gasteiger partial charge on any atom is -0.259 e. The zero-order valence-corrected chi connectivity index (χ0v) is 8.94. The Balaban J connectivity index is 4.22. The van der Waals surface area contributed by atoms with E-state index in [4.69, 9.17) is 0 Å². The molecule has 0 heterocycles. The molecule has 0 radical (unpaired) electrons. The molecular weight excluding hydrogens is 164 g/mol. The van der Waals surface area contributed by atoms with Gasteiger partial charge in [-0.25, -0.2) is 0 Å². The van der Waals surface area contributed by atoms with Gasteiger partial charge in [0.25, 0.3) is 0 Å². The van der Waals surface area contributed by atoms with E-state index in [0.717, 1.165) is 0 Å². The molecular formula is C7H16OS2. The van der Waals surface area contributed by atoms with Gasteiger partial charge in [-0.15, -0.1) is 11.8 Å². The van der Waals surface area contributed by atoms with Crippen molar-refractivity contribution in [2.24, 2.45) is 5.41 Å². The molecule has 0 aromatic heterocycles. The summed E-state index contributed by atoms with van der Waals surface area (Å²) in [6, 6.07) is 0. The van der Waals surface area contributed by atoms with E-state index in [1.165, 1.54) is 0 Å². The van der Waals surface area contributed by atoms with Gasteiger partial charge in [0.2, 0.25) is 0 Å². The minimum absolute atomic E-state index is 0.152. The zero-order chi connectivity index (χ0) is 8.36. The van der Waals surface area contributed by atoms with Crippen molar-refractivity contribution in [2.75, 3.05) is 12.5 Å². The SMILES string of the molecule is CS[C@H](S(C)=O)C(C)(C)C. The summed E-state index contributed by atoms with van der Waals surface area (Å²) in [4.78, 5) is 0. The molecule has 0 saturated heterocycles. The molecule has 3 heteroatoms. The number of hydrogen-bond donors (Lipinski definition) is 0. The summed E-state index contributed by atoms with van der Waals surface area (Å²) in [6.07, 6.45) is 3.78. The molecule has 0 aromatic carbocycles. The second-order valence-electron chi connectivity index (χ2n) is 3.43. The Labute approximate surface area is 70.4 Å². The largest absolute Gasteiger partial charge is 0.259 e. The third kappa shape index (κ3) is 3.06. The van der Waals surface area contributed by atoms with Crippen LogP contribution in [0.5, 0.6) is 0 Å². The van der Waals surface area contributed by atoms with Gasteiger partial charge in [-0.2, -0.15) is 0 Å². The average molecular weight is 180 g/mol. The Hall–Kier alpha value is 0.500. The van der Waals surface area contributed by atoms with E-state index in [1.807, 2.05) is 6.26 Å². The predicted octanol–water partition coefficient (Wildman–Crippen LogP) is 2.10. The van der Waals surface area contributed by atoms with Gasteiger partial charge in [-0.3, -0.25) is 4.21 Å². The fourth-order valence-electron chi connectivity index (χ4n) is 0.987. The van der Waals surface area contributed by atoms with Crippen molar-refractivity contribution in [3.63, 3.8) is 0 Å². The molecule has 0 spiro atoms. The van der Waals surface area contributed by atoms with E-state index in [-0.39, 0.29) is 10.00 Å². The lowest BCUT2D eigenvalue weighted by atomic mass is 10.0. The molecule has 62 valence electrons. The summed E-state index contributed by atoms with van der Waals surface area (Å²) in [6.45, 7) is 6.36. The van der Waals surface area contributed by atoms with Crippen LogP contribution in [0.1, 0.15) is 20.8 Å². The Bertz CT molecular complexity index is 126. The highest BCUT2D eigenvalue weighted by atomic mass is 32.2. The summed E-state index contributed by atoms with van der Waals surface area (Å²) in [7, 11) is -0.710. The number of rotatable bonds is 2. The van der Waals surface area contributed by atoms with Crippen LogP contribution in [0.3, 0.4) is 0 Å². The lowest BCUT2D eigenvalue weighted by molar-refractivity contribution is 0.453. The second-order valence-corrected chi connectivity index (χ2v) is 6.14. The number of hydrogen-bond acceptors (Lipinski definition) is 2. The molecule has 0 bridgehead atoms. The lowest BCUT2D eigenvalue weighted by Crippen LogP contribution is -2.26. The van der Waals surface area contributed by atoms with E-state index in [0.29, 0.717) is 0 Å². The third-order valence-electron chi connectivity index (χ3n) is 1.22. The van der Waals surface area contributed by atoms with Crippen LogP contribution in [-0.4, -0.2) is 21.3 Å². The van der Waals surface area contributed by atoms with E-state index in [9.17, 15) is 4.21 Å². The van der Waals surface area contributed by atoms with Gasteiger partial charge in [0, 0.05) is 17.1 Å². The molecule has 2 atom stereocenters. The molecule has 0 aliphatic carbocycles. The fourth-order valence-corrected chi connectivity index (χ4v) is 3.77. The van der Waals surface area contributed by atoms with E-state index < -0.39 is 10.8 Å². The third-order valence-corrected chi connectivity index (χ3v) is 5.06. The van der Waals surface area contributed by atoms with Gasteiger partial charge in [-0.1, -0.05) is 20.8 Å². The maximum absolute atomic E-state index is 11.1. The maximum Gasteiger partial charge on any atom is 0.0843 e. The molecule has 0 rings (SSSR count). The standard InChI is InChI=1S/C7H16OS2/c1-7(2,3)6(9-4)10(5)8/h6H,1-5H3/t6-,10?/m1/s1. The van der Waals surface area contributed by atoms with Crippen molar-refractivity contribution in [1.29, 1.82) is 0 Å². The number of thioether (sulfide) groups is 1. The first-order chi connectivity index (χ1) is 4.39. The molecule has 0 saturated carbocycles. The highest BCUT2D eigenvalue weighted by Gasteiger charge is 2.26. The van der Waals surface area contributed by atoms with Gasteiger partial charge < -0.3 is 0 Å². The maximum atomic E-state index is 11.1. The predicted molar refractivity (Wildman–Crippen MR) is 50.8 cm³/mol. The summed E-state index contributed by atoms with van der Waals surface area (Å²) in [5.74, 6) is 0. The zero-order valence-electron chi connectivity index (χ0n) is 7.30. The highest BCUT2D eigenvalue weighted by Crippen LogP contribution is 2.30. The molecule has 0 amide bonds. The summed E-state index contributed by atoms with van der Waals surface area (Å²) in [5, 5.41) is 0. The summed E-state index contributed by atoms with van der Waals surface area (Å²) < 4.78 is 11.4. The molecule has 0 aliphatic rings. The quantitative estimate of drug-likeness (QED) is 0.647. The van der Waals surface area contributed by atoms with Crippen LogP contribution < -0.4 is 0 Å². The van der Waals surface area contributed by atoms with E-state index in [2.05, 4.69) is 20.8 Å². The smallest absolute Gasteiger partial charge is 0.0843 e. The van der Waals surface area contributed by atoms with E-state index >= 15 is 0 Å². The van der Waals surface area contributed by atoms with Crippen LogP contribution in [0.2, 0.25) is 0 Å². The first kappa shape index (κ1) is 10.5. The molecule has 1 nitrogen and oxygen atoms in total. The van der Waals surface area contributed by atoms with Crippen molar-refractivity contribution in [1.82, 2.24) is 0 Å². The van der Waals surface area contributed by atoms with Crippen molar-refractivity contribution in [3.8, 4) is 0 Å². The minimum atomic E-state index is -0.710. The first-order valence-corrected chi connectivity index (χ1v) is 6.15. The molecule has 10 heavy (non-hydrogen) atoms. The summed E-state index contributed by atoms with van der Waals surface area (Å²) in [5.41, 5.74) is 0.152. The van der Waals surface area contributed by atoms with Crippen LogP contribution in [0.25, 0.3) is 0 Å². The molecule has 1 unspecified atom stereocenters. The van der Waals surface area contributed by atoms with Gasteiger partial charge in [0.15, 0.2) is 0 Å². The lowest BCUT2D eigenvalue weighted by Gasteiger charge is -2.26. The Kier molecular flexibility index (Phi) is 3.95. The van der Waals surface area contributed by atoms with Crippen molar-refractivity contribution in [3.05, 3.63) is 0 Å². The molecule has 0 N–H and O–H groups in total. The monoisotopic (exact) mass is 180 g/mol. The summed E-state index contributed by atoms with van der Waals surface area (Å²) >= 11 is 1.68. The second kappa shape index (κ2) is 3.77. The molecule has 0 aromatic rings. The van der Waals surface area contributed by atoms with Crippen LogP contribution >= 0.6 is 11.8 Å². The Morgan fingerprint density at radius 2 is 1.80 bits per heavy atom. The normalized spacial score (nSPS) is 18.5. The fraction of sp³-hybridized carbons (Fsp3) is 1.00. The highest BCUT2D eigenvalue weighted by molar-refractivity contribution is 8.10. The van der Waals surface area contributed by atoms with Crippen molar-refractivity contribution >= 4 is 22.6 Å². The van der Waals surface area contributed by atoms with Gasteiger partial charge in [-0.05, 0) is 11.7 Å². The van der Waals surface area contributed by atoms with Crippen LogP contribution in [0.4, 0.5) is 0 Å². The van der Waals surface area contributed by atoms with Crippen LogP contribution in [-0.2, 0) is 10.8 Å². The van der Waals surface area contributed by atoms with Gasteiger partial charge in [0.1, 0.15) is 0 Å². The molecule has 0 fully saturated rings. The van der Waals surface area contributed by atoms with Gasteiger partial charge in [0.05, 0.1) is 4.58 Å². The van der Waals surface area contributed by atoms with Gasteiger partial charge >= 0.3 is 0 Å².